The van der Waals surface area contributed by atoms with Crippen LogP contribution in [0.15, 0.2) is 40.9 Å². The Kier molecular flexibility index (Phi) is 7.37. The normalized spacial score (nSPS) is 14.3. The number of nitrogens with one attached hydrogen (secondary N) is 2. The van der Waals surface area contributed by atoms with Crippen molar-refractivity contribution in [1.29, 1.82) is 0 Å². The van der Waals surface area contributed by atoms with Crippen molar-refractivity contribution in [3.05, 3.63) is 63.6 Å². The first kappa shape index (κ1) is 22.9. The second-order valence-corrected chi connectivity index (χ2v) is 8.33. The smallest absolute Gasteiger partial charge is 0.256 e. The molecule has 0 aliphatic carbocycles. The van der Waals surface area contributed by atoms with Crippen LogP contribution in [-0.4, -0.2) is 42.3 Å². The Hall–Kier alpha value is -2.81. The highest BCUT2D eigenvalue weighted by Crippen LogP contribution is 2.21. The topological polar surface area (TPSA) is 78.5 Å². The minimum Gasteiger partial charge on any atom is -0.347 e. The molecule has 1 aliphatic heterocycles. The van der Waals surface area contributed by atoms with Crippen LogP contribution < -0.4 is 10.6 Å². The third-order valence-corrected chi connectivity index (χ3v) is 5.69. The standard InChI is InChI=1S/C22H22BrF2N3O3/c1-13-10-15(23)2-5-19(13)27-20(29)12-26-21(30)14-6-8-28(9-7-14)22(31)17-4-3-16(24)11-18(17)25/h2-5,10-11,14H,6-9,12H2,1H3,(H,26,30)(H,27,29). The van der Waals surface area contributed by atoms with E-state index >= 15 is 0 Å². The summed E-state index contributed by atoms with van der Waals surface area (Å²) in [5.74, 6) is -3.12. The predicted molar refractivity (Wildman–Crippen MR) is 116 cm³/mol. The molecule has 6 nitrogen and oxygen atoms in total. The van der Waals surface area contributed by atoms with E-state index in [-0.39, 0.29) is 42.9 Å². The Morgan fingerprint density at radius 1 is 1.10 bits per heavy atom. The van der Waals surface area contributed by atoms with Crippen LogP contribution in [0.25, 0.3) is 0 Å². The molecule has 0 aromatic heterocycles. The van der Waals surface area contributed by atoms with Crippen LogP contribution in [0.2, 0.25) is 0 Å². The van der Waals surface area contributed by atoms with Gasteiger partial charge in [0.1, 0.15) is 11.6 Å². The molecule has 1 heterocycles. The molecule has 164 valence electrons. The molecular weight excluding hydrogens is 472 g/mol. The van der Waals surface area contributed by atoms with Crippen molar-refractivity contribution in [1.82, 2.24) is 10.2 Å². The number of carbonyl (C=O) groups is 3. The number of likely N-dealkylation sites (tertiary alicyclic amines) is 1. The number of hydrogen-bond acceptors (Lipinski definition) is 3. The van der Waals surface area contributed by atoms with Crippen molar-refractivity contribution >= 4 is 39.3 Å². The number of nitrogens with zero attached hydrogens (tertiary/aromatic N) is 1. The van der Waals surface area contributed by atoms with Crippen molar-refractivity contribution < 1.29 is 23.2 Å². The minimum absolute atomic E-state index is 0.158. The fourth-order valence-electron chi connectivity index (χ4n) is 3.45. The fourth-order valence-corrected chi connectivity index (χ4v) is 3.93. The molecule has 0 bridgehead atoms. The summed E-state index contributed by atoms with van der Waals surface area (Å²) in [5, 5.41) is 5.38. The molecule has 2 aromatic rings. The molecule has 1 saturated heterocycles. The van der Waals surface area contributed by atoms with Gasteiger partial charge in [0.05, 0.1) is 12.1 Å². The number of hydrogen-bond donors (Lipinski definition) is 2. The fraction of sp³-hybridized carbons (Fsp3) is 0.318. The van der Waals surface area contributed by atoms with E-state index in [4.69, 9.17) is 0 Å². The van der Waals surface area contributed by atoms with Gasteiger partial charge in [-0.3, -0.25) is 14.4 Å². The highest BCUT2D eigenvalue weighted by molar-refractivity contribution is 9.10. The first-order valence-corrected chi connectivity index (χ1v) is 10.6. The van der Waals surface area contributed by atoms with Crippen LogP contribution in [0.3, 0.4) is 0 Å². The maximum Gasteiger partial charge on any atom is 0.256 e. The van der Waals surface area contributed by atoms with Crippen molar-refractivity contribution in [3.8, 4) is 0 Å². The van der Waals surface area contributed by atoms with E-state index in [9.17, 15) is 23.2 Å². The van der Waals surface area contributed by atoms with Gasteiger partial charge in [-0.25, -0.2) is 8.78 Å². The highest BCUT2D eigenvalue weighted by atomic mass is 79.9. The van der Waals surface area contributed by atoms with Crippen molar-refractivity contribution in [2.24, 2.45) is 5.92 Å². The molecule has 0 saturated carbocycles. The molecule has 0 unspecified atom stereocenters. The second kappa shape index (κ2) is 10.00. The molecule has 2 N–H and O–H groups in total. The molecule has 31 heavy (non-hydrogen) atoms. The van der Waals surface area contributed by atoms with Crippen LogP contribution in [0.1, 0.15) is 28.8 Å². The first-order valence-electron chi connectivity index (χ1n) is 9.82. The van der Waals surface area contributed by atoms with Gasteiger partial charge in [-0.2, -0.15) is 0 Å². The Balaban J connectivity index is 1.46. The Labute approximate surface area is 187 Å². The van der Waals surface area contributed by atoms with Gasteiger partial charge in [0.25, 0.3) is 5.91 Å². The number of carbonyl (C=O) groups excluding carboxylic acids is 3. The van der Waals surface area contributed by atoms with E-state index < -0.39 is 17.5 Å². The number of halogens is 3. The van der Waals surface area contributed by atoms with E-state index in [1.807, 2.05) is 19.1 Å². The molecule has 1 aliphatic rings. The average molecular weight is 494 g/mol. The zero-order valence-corrected chi connectivity index (χ0v) is 18.5. The van der Waals surface area contributed by atoms with Gasteiger partial charge >= 0.3 is 0 Å². The van der Waals surface area contributed by atoms with E-state index in [0.717, 1.165) is 22.2 Å². The summed E-state index contributed by atoms with van der Waals surface area (Å²) in [6, 6.07) is 8.30. The average Bonchev–Trinajstić information content (AvgIpc) is 2.74. The zero-order chi connectivity index (χ0) is 22.5. The Morgan fingerprint density at radius 2 is 1.81 bits per heavy atom. The molecule has 3 amide bonds. The molecule has 0 spiro atoms. The van der Waals surface area contributed by atoms with E-state index in [2.05, 4.69) is 26.6 Å². The molecule has 0 radical (unpaired) electrons. The number of aryl methyl sites for hydroxylation is 1. The van der Waals surface area contributed by atoms with Gasteiger partial charge in [0.2, 0.25) is 11.8 Å². The predicted octanol–water partition coefficient (Wildman–Crippen LogP) is 3.64. The lowest BCUT2D eigenvalue weighted by Gasteiger charge is -2.31. The lowest BCUT2D eigenvalue weighted by Crippen LogP contribution is -2.44. The lowest BCUT2D eigenvalue weighted by molar-refractivity contribution is -0.128. The molecule has 1 fully saturated rings. The maximum atomic E-state index is 13.8. The molecule has 0 atom stereocenters. The number of piperidine rings is 1. The maximum absolute atomic E-state index is 13.8. The monoisotopic (exact) mass is 493 g/mol. The summed E-state index contributed by atoms with van der Waals surface area (Å²) in [4.78, 5) is 38.4. The quantitative estimate of drug-likeness (QED) is 0.667. The van der Waals surface area contributed by atoms with Gasteiger partial charge in [-0.05, 0) is 55.7 Å². The van der Waals surface area contributed by atoms with Crippen LogP contribution in [0.5, 0.6) is 0 Å². The van der Waals surface area contributed by atoms with Gasteiger partial charge in [0, 0.05) is 35.2 Å². The third-order valence-electron chi connectivity index (χ3n) is 5.20. The molecule has 3 rings (SSSR count). The molecule has 9 heteroatoms. The highest BCUT2D eigenvalue weighted by Gasteiger charge is 2.29. The summed E-state index contributed by atoms with van der Waals surface area (Å²) in [5.41, 5.74) is 1.37. The largest absolute Gasteiger partial charge is 0.347 e. The third kappa shape index (κ3) is 5.88. The second-order valence-electron chi connectivity index (χ2n) is 7.42. The van der Waals surface area contributed by atoms with Crippen molar-refractivity contribution in [2.75, 3.05) is 25.0 Å². The zero-order valence-electron chi connectivity index (χ0n) is 16.9. The van der Waals surface area contributed by atoms with Crippen LogP contribution >= 0.6 is 15.9 Å². The van der Waals surface area contributed by atoms with Gasteiger partial charge in [-0.15, -0.1) is 0 Å². The number of anilines is 1. The Bertz CT molecular complexity index is 1010. The van der Waals surface area contributed by atoms with Gasteiger partial charge in [-0.1, -0.05) is 15.9 Å². The minimum atomic E-state index is -0.906. The van der Waals surface area contributed by atoms with Gasteiger partial charge < -0.3 is 15.5 Å². The first-order chi connectivity index (χ1) is 14.7. The van der Waals surface area contributed by atoms with Crippen LogP contribution in [0, 0.1) is 24.5 Å². The summed E-state index contributed by atoms with van der Waals surface area (Å²) >= 11 is 3.36. The summed E-state index contributed by atoms with van der Waals surface area (Å²) in [7, 11) is 0. The molecule has 2 aromatic carbocycles. The summed E-state index contributed by atoms with van der Waals surface area (Å²) < 4.78 is 27.8. The SMILES string of the molecule is Cc1cc(Br)ccc1NC(=O)CNC(=O)C1CCN(C(=O)c2ccc(F)cc2F)CC1. The molecular formula is C22H22BrF2N3O3. The lowest BCUT2D eigenvalue weighted by atomic mass is 9.95. The Morgan fingerprint density at radius 3 is 2.45 bits per heavy atom. The van der Waals surface area contributed by atoms with Crippen LogP contribution in [-0.2, 0) is 9.59 Å². The van der Waals surface area contributed by atoms with E-state index in [0.29, 0.717) is 24.6 Å². The summed E-state index contributed by atoms with van der Waals surface area (Å²) in [6.07, 6.45) is 0.793. The van der Waals surface area contributed by atoms with Crippen LogP contribution in [0.4, 0.5) is 14.5 Å². The number of amides is 3. The van der Waals surface area contributed by atoms with Crippen molar-refractivity contribution in [3.63, 3.8) is 0 Å². The number of benzene rings is 2. The van der Waals surface area contributed by atoms with E-state index in [1.54, 1.807) is 6.07 Å². The summed E-state index contributed by atoms with van der Waals surface area (Å²) in [6.45, 7) is 2.26. The number of rotatable bonds is 5. The van der Waals surface area contributed by atoms with Crippen molar-refractivity contribution in [2.45, 2.75) is 19.8 Å². The van der Waals surface area contributed by atoms with E-state index in [1.165, 1.54) is 4.90 Å². The van der Waals surface area contributed by atoms with Gasteiger partial charge in [0.15, 0.2) is 0 Å².